The lowest BCUT2D eigenvalue weighted by molar-refractivity contribution is 0.243. The molecule has 2 aromatic rings. The largest absolute Gasteiger partial charge is 0.319 e. The van der Waals surface area contributed by atoms with Crippen LogP contribution in [0, 0.1) is 5.82 Å². The van der Waals surface area contributed by atoms with Crippen molar-refractivity contribution in [1.82, 2.24) is 9.47 Å². The van der Waals surface area contributed by atoms with Crippen LogP contribution >= 0.6 is 0 Å². The Kier molecular flexibility index (Phi) is 4.39. The summed E-state index contributed by atoms with van der Waals surface area (Å²) in [5.74, 6) is -0.188. The van der Waals surface area contributed by atoms with E-state index in [-0.39, 0.29) is 11.4 Å². The van der Waals surface area contributed by atoms with E-state index in [1.807, 2.05) is 24.4 Å². The molecule has 116 valence electrons. The molecule has 0 saturated carbocycles. The minimum Gasteiger partial charge on any atom is -0.319 e. The molecule has 1 aliphatic rings. The average molecular weight is 300 g/mol. The molecule has 2 heterocycles. The fourth-order valence-corrected chi connectivity index (χ4v) is 3.15. The molecule has 4 heteroatoms. The summed E-state index contributed by atoms with van der Waals surface area (Å²) < 4.78 is 14.6. The van der Waals surface area contributed by atoms with Crippen molar-refractivity contribution in [1.29, 1.82) is 0 Å². The van der Waals surface area contributed by atoms with Crippen LogP contribution in [0.4, 0.5) is 4.39 Å². The van der Waals surface area contributed by atoms with Crippen molar-refractivity contribution in [3.8, 4) is 0 Å². The highest BCUT2D eigenvalue weighted by atomic mass is 19.1. The Morgan fingerprint density at radius 1 is 1.18 bits per heavy atom. The quantitative estimate of drug-likeness (QED) is 0.867. The van der Waals surface area contributed by atoms with E-state index in [4.69, 9.17) is 0 Å². The number of aryl methyl sites for hydroxylation is 1. The molecule has 1 aromatic carbocycles. The molecule has 1 saturated heterocycles. The van der Waals surface area contributed by atoms with E-state index in [0.29, 0.717) is 6.04 Å². The molecule has 1 aliphatic heterocycles. The maximum atomic E-state index is 13.0. The van der Waals surface area contributed by atoms with Crippen molar-refractivity contribution < 1.29 is 4.39 Å². The molecule has 3 rings (SSSR count). The van der Waals surface area contributed by atoms with Gasteiger partial charge in [-0.25, -0.2) is 4.39 Å². The highest BCUT2D eigenvalue weighted by molar-refractivity contribution is 5.18. The van der Waals surface area contributed by atoms with Gasteiger partial charge in [0.05, 0.1) is 0 Å². The van der Waals surface area contributed by atoms with Gasteiger partial charge in [0, 0.05) is 31.9 Å². The monoisotopic (exact) mass is 300 g/mol. The van der Waals surface area contributed by atoms with Gasteiger partial charge in [-0.05, 0) is 55.1 Å². The van der Waals surface area contributed by atoms with E-state index >= 15 is 0 Å². The Bertz CT molecular complexity index is 693. The Morgan fingerprint density at radius 2 is 1.95 bits per heavy atom. The van der Waals surface area contributed by atoms with Crippen LogP contribution in [0.3, 0.4) is 0 Å². The van der Waals surface area contributed by atoms with Crippen molar-refractivity contribution in [3.05, 3.63) is 69.9 Å². The molecular formula is C18H21FN2O. The summed E-state index contributed by atoms with van der Waals surface area (Å²) in [6.07, 6.45) is 5.09. The molecule has 1 aromatic heterocycles. The fourth-order valence-electron chi connectivity index (χ4n) is 3.15. The predicted octanol–water partition coefficient (Wildman–Crippen LogP) is 2.73. The number of hydrogen-bond acceptors (Lipinski definition) is 2. The van der Waals surface area contributed by atoms with Crippen LogP contribution in [0.5, 0.6) is 0 Å². The van der Waals surface area contributed by atoms with Gasteiger partial charge >= 0.3 is 0 Å². The first-order valence-corrected chi connectivity index (χ1v) is 7.76. The van der Waals surface area contributed by atoms with Gasteiger partial charge < -0.3 is 4.57 Å². The van der Waals surface area contributed by atoms with Crippen LogP contribution in [-0.2, 0) is 20.0 Å². The predicted molar refractivity (Wildman–Crippen MR) is 85.2 cm³/mol. The van der Waals surface area contributed by atoms with E-state index in [1.165, 1.54) is 24.1 Å². The molecule has 0 radical (unpaired) electrons. The summed E-state index contributed by atoms with van der Waals surface area (Å²) in [5.41, 5.74) is 2.27. The number of benzene rings is 1. The third-order valence-electron chi connectivity index (χ3n) is 4.44. The number of halogens is 1. The summed E-state index contributed by atoms with van der Waals surface area (Å²) in [5, 5.41) is 0. The van der Waals surface area contributed by atoms with Crippen molar-refractivity contribution in [2.45, 2.75) is 31.8 Å². The second-order valence-electron chi connectivity index (χ2n) is 6.08. The Labute approximate surface area is 130 Å². The third kappa shape index (κ3) is 3.45. The first kappa shape index (κ1) is 15.0. The van der Waals surface area contributed by atoms with Gasteiger partial charge in [0.1, 0.15) is 5.82 Å². The van der Waals surface area contributed by atoms with Gasteiger partial charge in [-0.15, -0.1) is 0 Å². The van der Waals surface area contributed by atoms with E-state index in [2.05, 4.69) is 4.90 Å². The SMILES string of the molecule is Cn1ccc(CN2CCC[C@H]2Cc2ccc(F)cc2)cc1=O. The number of likely N-dealkylation sites (tertiary alicyclic amines) is 1. The number of pyridine rings is 1. The summed E-state index contributed by atoms with van der Waals surface area (Å²) in [4.78, 5) is 14.2. The minimum absolute atomic E-state index is 0.0341. The second-order valence-corrected chi connectivity index (χ2v) is 6.08. The average Bonchev–Trinajstić information content (AvgIpc) is 2.92. The van der Waals surface area contributed by atoms with E-state index in [9.17, 15) is 9.18 Å². The van der Waals surface area contributed by atoms with Crippen molar-refractivity contribution in [2.24, 2.45) is 7.05 Å². The first-order chi connectivity index (χ1) is 10.6. The third-order valence-corrected chi connectivity index (χ3v) is 4.44. The molecule has 22 heavy (non-hydrogen) atoms. The second kappa shape index (κ2) is 6.44. The first-order valence-electron chi connectivity index (χ1n) is 7.76. The summed E-state index contributed by atoms with van der Waals surface area (Å²) in [6.45, 7) is 1.86. The maximum absolute atomic E-state index is 13.0. The zero-order valence-corrected chi connectivity index (χ0v) is 12.8. The minimum atomic E-state index is -0.188. The Morgan fingerprint density at radius 3 is 2.68 bits per heavy atom. The lowest BCUT2D eigenvalue weighted by Crippen LogP contribution is -2.31. The molecule has 1 fully saturated rings. The Hall–Kier alpha value is -1.94. The van der Waals surface area contributed by atoms with E-state index in [0.717, 1.165) is 31.5 Å². The molecule has 0 bridgehead atoms. The number of nitrogens with zero attached hydrogens (tertiary/aromatic N) is 2. The van der Waals surface area contributed by atoms with Crippen LogP contribution in [-0.4, -0.2) is 22.1 Å². The van der Waals surface area contributed by atoms with Crippen LogP contribution in [0.15, 0.2) is 47.4 Å². The number of hydrogen-bond donors (Lipinski definition) is 0. The smallest absolute Gasteiger partial charge is 0.250 e. The van der Waals surface area contributed by atoms with Crippen LogP contribution in [0.25, 0.3) is 0 Å². The molecule has 0 N–H and O–H groups in total. The zero-order valence-electron chi connectivity index (χ0n) is 12.8. The lowest BCUT2D eigenvalue weighted by atomic mass is 10.0. The van der Waals surface area contributed by atoms with Crippen molar-refractivity contribution >= 4 is 0 Å². The van der Waals surface area contributed by atoms with Gasteiger partial charge in [0.15, 0.2) is 0 Å². The lowest BCUT2D eigenvalue weighted by Gasteiger charge is -2.24. The summed E-state index contributed by atoms with van der Waals surface area (Å²) in [7, 11) is 1.76. The highest BCUT2D eigenvalue weighted by Gasteiger charge is 2.24. The topological polar surface area (TPSA) is 25.2 Å². The maximum Gasteiger partial charge on any atom is 0.250 e. The van der Waals surface area contributed by atoms with Crippen LogP contribution < -0.4 is 5.56 Å². The van der Waals surface area contributed by atoms with E-state index < -0.39 is 0 Å². The normalized spacial score (nSPS) is 18.7. The molecule has 1 atom stereocenters. The van der Waals surface area contributed by atoms with Crippen molar-refractivity contribution in [3.63, 3.8) is 0 Å². The standard InChI is InChI=1S/C18H21FN2O/c1-20-10-8-15(12-18(20)22)13-21-9-2-3-17(21)11-14-4-6-16(19)7-5-14/h4-8,10,12,17H,2-3,9,11,13H2,1H3/t17-/m0/s1. The number of aromatic nitrogens is 1. The van der Waals surface area contributed by atoms with Crippen molar-refractivity contribution in [2.75, 3.05) is 6.54 Å². The van der Waals surface area contributed by atoms with Gasteiger partial charge in [-0.2, -0.15) is 0 Å². The molecular weight excluding hydrogens is 279 g/mol. The number of rotatable bonds is 4. The van der Waals surface area contributed by atoms with Gasteiger partial charge in [-0.1, -0.05) is 12.1 Å². The molecule has 0 unspecified atom stereocenters. The van der Waals surface area contributed by atoms with Gasteiger partial charge in [-0.3, -0.25) is 9.69 Å². The van der Waals surface area contributed by atoms with E-state index in [1.54, 1.807) is 17.7 Å². The van der Waals surface area contributed by atoms with Crippen LogP contribution in [0.1, 0.15) is 24.0 Å². The zero-order chi connectivity index (χ0) is 15.5. The highest BCUT2D eigenvalue weighted by Crippen LogP contribution is 2.23. The molecule has 3 nitrogen and oxygen atoms in total. The molecule has 0 spiro atoms. The molecule has 0 amide bonds. The van der Waals surface area contributed by atoms with Crippen LogP contribution in [0.2, 0.25) is 0 Å². The Balaban J connectivity index is 1.68. The van der Waals surface area contributed by atoms with Gasteiger partial charge in [0.25, 0.3) is 5.56 Å². The molecule has 0 aliphatic carbocycles. The fraction of sp³-hybridized carbons (Fsp3) is 0.389. The summed E-state index contributed by atoms with van der Waals surface area (Å²) >= 11 is 0. The summed E-state index contributed by atoms with van der Waals surface area (Å²) in [6, 6.07) is 11.0. The van der Waals surface area contributed by atoms with Gasteiger partial charge in [0.2, 0.25) is 0 Å².